The Labute approximate surface area is 95.2 Å². The minimum Gasteiger partial charge on any atom is -0.293 e. The molecule has 0 saturated carbocycles. The summed E-state index contributed by atoms with van der Waals surface area (Å²) in [5.74, 6) is 0.0405. The number of ketones is 1. The molecular formula is C9H9N3OS2. The SMILES string of the molecule is Cc1nc(CC(=O)c2cnns2)sc1C. The average Bonchev–Trinajstić information content (AvgIpc) is 2.77. The fourth-order valence-electron chi connectivity index (χ4n) is 1.13. The van der Waals surface area contributed by atoms with Gasteiger partial charge >= 0.3 is 0 Å². The third-order valence-electron chi connectivity index (χ3n) is 2.02. The van der Waals surface area contributed by atoms with E-state index < -0.39 is 0 Å². The Hall–Kier alpha value is -1.14. The third kappa shape index (κ3) is 2.27. The maximum atomic E-state index is 11.7. The van der Waals surface area contributed by atoms with Crippen molar-refractivity contribution < 1.29 is 4.79 Å². The van der Waals surface area contributed by atoms with E-state index in [0.717, 1.165) is 22.2 Å². The highest BCUT2D eigenvalue weighted by atomic mass is 32.1. The van der Waals surface area contributed by atoms with E-state index >= 15 is 0 Å². The molecule has 15 heavy (non-hydrogen) atoms. The van der Waals surface area contributed by atoms with E-state index in [9.17, 15) is 4.79 Å². The van der Waals surface area contributed by atoms with Gasteiger partial charge in [-0.2, -0.15) is 0 Å². The van der Waals surface area contributed by atoms with Gasteiger partial charge < -0.3 is 0 Å². The van der Waals surface area contributed by atoms with Gasteiger partial charge in [0.25, 0.3) is 0 Å². The van der Waals surface area contributed by atoms with Crippen molar-refractivity contribution in [3.8, 4) is 0 Å². The molecule has 0 N–H and O–H groups in total. The van der Waals surface area contributed by atoms with Crippen LogP contribution in [0.25, 0.3) is 0 Å². The predicted molar refractivity (Wildman–Crippen MR) is 59.5 cm³/mol. The van der Waals surface area contributed by atoms with Crippen molar-refractivity contribution in [1.82, 2.24) is 14.6 Å². The minimum absolute atomic E-state index is 0.0405. The molecule has 2 rings (SSSR count). The summed E-state index contributed by atoms with van der Waals surface area (Å²) in [5.41, 5.74) is 1.00. The molecule has 0 amide bonds. The summed E-state index contributed by atoms with van der Waals surface area (Å²) < 4.78 is 3.66. The normalized spacial score (nSPS) is 10.5. The lowest BCUT2D eigenvalue weighted by molar-refractivity contribution is 0.0996. The molecule has 0 aliphatic carbocycles. The van der Waals surface area contributed by atoms with E-state index in [2.05, 4.69) is 14.6 Å². The fraction of sp³-hybridized carbons (Fsp3) is 0.333. The van der Waals surface area contributed by atoms with Gasteiger partial charge in [-0.3, -0.25) is 4.79 Å². The van der Waals surface area contributed by atoms with Crippen LogP contribution in [0.5, 0.6) is 0 Å². The van der Waals surface area contributed by atoms with Gasteiger partial charge in [-0.15, -0.1) is 16.4 Å². The Morgan fingerprint density at radius 3 is 2.80 bits per heavy atom. The molecular weight excluding hydrogens is 230 g/mol. The molecule has 0 aliphatic heterocycles. The van der Waals surface area contributed by atoms with Crippen LogP contribution >= 0.6 is 22.9 Å². The third-order valence-corrected chi connectivity index (χ3v) is 3.80. The van der Waals surface area contributed by atoms with Gasteiger partial charge in [0.2, 0.25) is 0 Å². The number of rotatable bonds is 3. The first kappa shape index (κ1) is 10.4. The van der Waals surface area contributed by atoms with Crippen molar-refractivity contribution in [3.63, 3.8) is 0 Å². The number of carbonyl (C=O) groups is 1. The van der Waals surface area contributed by atoms with E-state index in [1.54, 1.807) is 11.3 Å². The van der Waals surface area contributed by atoms with E-state index in [4.69, 9.17) is 0 Å². The maximum Gasteiger partial charge on any atom is 0.182 e. The van der Waals surface area contributed by atoms with Crippen LogP contribution in [-0.4, -0.2) is 20.4 Å². The Bertz CT molecular complexity index is 456. The van der Waals surface area contributed by atoms with Gasteiger partial charge in [0.1, 0.15) is 9.88 Å². The standard InChI is InChI=1S/C9H9N3OS2/c1-5-6(2)14-9(11-5)3-7(13)8-4-10-12-15-8/h4H,3H2,1-2H3. The lowest BCUT2D eigenvalue weighted by atomic mass is 10.2. The van der Waals surface area contributed by atoms with Gasteiger partial charge in [0, 0.05) is 4.88 Å². The second-order valence-corrected chi connectivity index (χ2v) is 5.20. The zero-order valence-electron chi connectivity index (χ0n) is 8.35. The van der Waals surface area contributed by atoms with Crippen molar-refractivity contribution in [2.24, 2.45) is 0 Å². The average molecular weight is 239 g/mol. The highest BCUT2D eigenvalue weighted by Crippen LogP contribution is 2.18. The lowest BCUT2D eigenvalue weighted by Gasteiger charge is -1.91. The highest BCUT2D eigenvalue weighted by Gasteiger charge is 2.12. The number of thiazole rings is 1. The Morgan fingerprint density at radius 1 is 1.47 bits per heavy atom. The Morgan fingerprint density at radius 2 is 2.27 bits per heavy atom. The second kappa shape index (κ2) is 4.16. The van der Waals surface area contributed by atoms with Crippen molar-refractivity contribution in [2.45, 2.75) is 20.3 Å². The molecule has 2 aromatic rings. The van der Waals surface area contributed by atoms with E-state index in [0.29, 0.717) is 11.3 Å². The summed E-state index contributed by atoms with van der Waals surface area (Å²) in [4.78, 5) is 17.8. The topological polar surface area (TPSA) is 55.7 Å². The van der Waals surface area contributed by atoms with E-state index in [-0.39, 0.29) is 5.78 Å². The number of carbonyl (C=O) groups excluding carboxylic acids is 1. The van der Waals surface area contributed by atoms with Gasteiger partial charge in [0.15, 0.2) is 5.78 Å². The molecule has 0 spiro atoms. The summed E-state index contributed by atoms with van der Waals surface area (Å²) >= 11 is 2.70. The summed E-state index contributed by atoms with van der Waals surface area (Å²) in [6.45, 7) is 3.96. The van der Waals surface area contributed by atoms with E-state index in [1.807, 2.05) is 13.8 Å². The first-order valence-electron chi connectivity index (χ1n) is 4.40. The van der Waals surface area contributed by atoms with Crippen LogP contribution < -0.4 is 0 Å². The molecule has 0 aliphatic rings. The molecule has 2 aromatic heterocycles. The number of Topliss-reactive ketones (excluding diaryl/α,β-unsaturated/α-hetero) is 1. The first-order valence-corrected chi connectivity index (χ1v) is 5.99. The molecule has 0 unspecified atom stereocenters. The fourth-order valence-corrected chi connectivity index (χ4v) is 2.51. The minimum atomic E-state index is 0.0405. The van der Waals surface area contributed by atoms with Crippen molar-refractivity contribution >= 4 is 28.7 Å². The second-order valence-electron chi connectivity index (χ2n) is 3.13. The molecule has 0 fully saturated rings. The van der Waals surface area contributed by atoms with E-state index in [1.165, 1.54) is 11.1 Å². The lowest BCUT2D eigenvalue weighted by Crippen LogP contribution is -2.00. The van der Waals surface area contributed by atoms with Gasteiger partial charge in [-0.25, -0.2) is 4.98 Å². The van der Waals surface area contributed by atoms with Gasteiger partial charge in [-0.05, 0) is 25.4 Å². The van der Waals surface area contributed by atoms with Crippen LogP contribution in [0, 0.1) is 13.8 Å². The molecule has 0 radical (unpaired) electrons. The molecule has 2 heterocycles. The molecule has 0 atom stereocenters. The Kier molecular flexibility index (Phi) is 2.88. The summed E-state index contributed by atoms with van der Waals surface area (Å²) in [7, 11) is 0. The number of aromatic nitrogens is 3. The van der Waals surface area contributed by atoms with Gasteiger partial charge in [-0.1, -0.05) is 4.49 Å². The molecule has 4 nitrogen and oxygen atoms in total. The zero-order valence-corrected chi connectivity index (χ0v) is 9.98. The van der Waals surface area contributed by atoms with Crippen LogP contribution in [0.3, 0.4) is 0 Å². The number of hydrogen-bond acceptors (Lipinski definition) is 6. The van der Waals surface area contributed by atoms with Crippen LogP contribution in [-0.2, 0) is 6.42 Å². The Balaban J connectivity index is 2.13. The zero-order chi connectivity index (χ0) is 10.8. The molecule has 0 bridgehead atoms. The largest absolute Gasteiger partial charge is 0.293 e. The number of aryl methyl sites for hydroxylation is 2. The smallest absolute Gasteiger partial charge is 0.182 e. The van der Waals surface area contributed by atoms with Crippen LogP contribution in [0.15, 0.2) is 6.20 Å². The van der Waals surface area contributed by atoms with Crippen molar-refractivity contribution in [2.75, 3.05) is 0 Å². The molecule has 78 valence electrons. The van der Waals surface area contributed by atoms with Crippen molar-refractivity contribution in [3.05, 3.63) is 26.7 Å². The quantitative estimate of drug-likeness (QED) is 0.769. The summed E-state index contributed by atoms with van der Waals surface area (Å²) in [6, 6.07) is 0. The molecule has 0 aromatic carbocycles. The maximum absolute atomic E-state index is 11.7. The monoisotopic (exact) mass is 239 g/mol. The highest BCUT2D eigenvalue weighted by molar-refractivity contribution is 7.12. The number of hydrogen-bond donors (Lipinski definition) is 0. The van der Waals surface area contributed by atoms with Crippen LogP contribution in [0.1, 0.15) is 25.3 Å². The van der Waals surface area contributed by atoms with Crippen LogP contribution in [0.2, 0.25) is 0 Å². The summed E-state index contributed by atoms with van der Waals surface area (Å²) in [5, 5.41) is 4.50. The summed E-state index contributed by atoms with van der Waals surface area (Å²) in [6.07, 6.45) is 1.85. The van der Waals surface area contributed by atoms with Crippen molar-refractivity contribution in [1.29, 1.82) is 0 Å². The van der Waals surface area contributed by atoms with Crippen LogP contribution in [0.4, 0.5) is 0 Å². The molecule has 6 heteroatoms. The first-order chi connectivity index (χ1) is 7.16. The predicted octanol–water partition coefficient (Wildman–Crippen LogP) is 2.04. The molecule has 0 saturated heterocycles. The number of nitrogens with zero attached hydrogens (tertiary/aromatic N) is 3. The van der Waals surface area contributed by atoms with Gasteiger partial charge in [0.05, 0.1) is 18.3 Å².